The van der Waals surface area contributed by atoms with Crippen molar-refractivity contribution in [1.29, 1.82) is 0 Å². The Hall–Kier alpha value is -3.55. The van der Waals surface area contributed by atoms with Crippen molar-refractivity contribution in [1.82, 2.24) is 15.5 Å². The smallest absolute Gasteiger partial charge is 0.251 e. The number of aryl methyl sites for hydroxylation is 1. The predicted octanol–water partition coefficient (Wildman–Crippen LogP) is 3.86. The van der Waals surface area contributed by atoms with E-state index in [4.69, 9.17) is 18.7 Å². The Labute approximate surface area is 180 Å². The third-order valence-corrected chi connectivity index (χ3v) is 4.93. The molecule has 0 spiro atoms. The molecule has 8 heteroatoms. The van der Waals surface area contributed by atoms with Crippen LogP contribution >= 0.6 is 0 Å². The summed E-state index contributed by atoms with van der Waals surface area (Å²) in [7, 11) is 0. The maximum atomic E-state index is 12.9. The van der Waals surface area contributed by atoms with Gasteiger partial charge in [0.15, 0.2) is 18.1 Å². The summed E-state index contributed by atoms with van der Waals surface area (Å²) in [5, 5.41) is 6.92. The molecule has 1 aliphatic rings. The molecule has 0 saturated heterocycles. The van der Waals surface area contributed by atoms with Crippen molar-refractivity contribution in [2.45, 2.75) is 33.4 Å². The number of aromatic nitrogens is 2. The van der Waals surface area contributed by atoms with Crippen molar-refractivity contribution < 1.29 is 23.5 Å². The van der Waals surface area contributed by atoms with E-state index in [0.29, 0.717) is 42.0 Å². The van der Waals surface area contributed by atoms with Gasteiger partial charge in [0, 0.05) is 12.5 Å². The van der Waals surface area contributed by atoms with Crippen LogP contribution in [0.4, 0.5) is 0 Å². The molecule has 1 atom stereocenters. The molecular weight excluding hydrogens is 398 g/mol. The van der Waals surface area contributed by atoms with Gasteiger partial charge in [0.1, 0.15) is 19.0 Å². The van der Waals surface area contributed by atoms with Gasteiger partial charge in [-0.3, -0.25) is 4.79 Å². The van der Waals surface area contributed by atoms with Crippen LogP contribution < -0.4 is 19.5 Å². The number of ether oxygens (including phenoxy) is 3. The van der Waals surface area contributed by atoms with Gasteiger partial charge in [-0.15, -0.1) is 0 Å². The summed E-state index contributed by atoms with van der Waals surface area (Å²) in [6.07, 6.45) is 0. The second kappa shape index (κ2) is 9.07. The van der Waals surface area contributed by atoms with Crippen molar-refractivity contribution in [3.63, 3.8) is 0 Å². The fourth-order valence-electron chi connectivity index (χ4n) is 3.36. The molecule has 0 radical (unpaired) electrons. The zero-order valence-electron chi connectivity index (χ0n) is 17.8. The molecule has 2 aromatic carbocycles. The summed E-state index contributed by atoms with van der Waals surface area (Å²) >= 11 is 0. The van der Waals surface area contributed by atoms with Crippen molar-refractivity contribution >= 4 is 5.91 Å². The molecule has 0 aliphatic carbocycles. The van der Waals surface area contributed by atoms with Crippen LogP contribution in [0.15, 0.2) is 47.0 Å². The lowest BCUT2D eigenvalue weighted by molar-refractivity contribution is 0.0925. The average Bonchev–Trinajstić information content (AvgIpc) is 3.20. The molecule has 1 unspecified atom stereocenters. The van der Waals surface area contributed by atoms with E-state index >= 15 is 0 Å². The lowest BCUT2D eigenvalue weighted by atomic mass is 9.95. The fourth-order valence-corrected chi connectivity index (χ4v) is 3.36. The molecule has 162 valence electrons. The van der Waals surface area contributed by atoms with Crippen molar-refractivity contribution in [3.05, 3.63) is 65.3 Å². The van der Waals surface area contributed by atoms with E-state index in [2.05, 4.69) is 29.3 Å². The van der Waals surface area contributed by atoms with E-state index in [1.54, 1.807) is 31.2 Å². The Morgan fingerprint density at radius 2 is 1.84 bits per heavy atom. The summed E-state index contributed by atoms with van der Waals surface area (Å²) in [6.45, 7) is 7.12. The molecule has 1 aromatic heterocycles. The molecule has 1 N–H and O–H groups in total. The summed E-state index contributed by atoms with van der Waals surface area (Å²) < 4.78 is 21.8. The lowest BCUT2D eigenvalue weighted by Crippen LogP contribution is -2.31. The van der Waals surface area contributed by atoms with E-state index in [1.807, 2.05) is 18.2 Å². The van der Waals surface area contributed by atoms with Crippen LogP contribution in [0.3, 0.4) is 0 Å². The van der Waals surface area contributed by atoms with E-state index in [-0.39, 0.29) is 24.5 Å². The molecule has 4 rings (SSSR count). The highest BCUT2D eigenvalue weighted by Crippen LogP contribution is 2.34. The number of carbonyl (C=O) groups is 1. The van der Waals surface area contributed by atoms with Gasteiger partial charge < -0.3 is 24.1 Å². The number of hydrogen-bond donors (Lipinski definition) is 1. The Bertz CT molecular complexity index is 1050. The standard InChI is InChI=1S/C23H25N3O5/c1-14(2)22(17-6-9-19-20(12-17)29-11-10-28-19)25-23(27)16-4-7-18(8-5-16)30-13-21-24-15(3)31-26-21/h4-9,12,14,22H,10-11,13H2,1-3H3,(H,25,27). The van der Waals surface area contributed by atoms with Crippen LogP contribution in [0.25, 0.3) is 0 Å². The van der Waals surface area contributed by atoms with Crippen LogP contribution in [0.2, 0.25) is 0 Å². The van der Waals surface area contributed by atoms with Crippen LogP contribution in [0.1, 0.15) is 47.5 Å². The number of nitrogens with one attached hydrogen (secondary N) is 1. The van der Waals surface area contributed by atoms with Crippen LogP contribution in [-0.4, -0.2) is 29.3 Å². The predicted molar refractivity (Wildman–Crippen MR) is 112 cm³/mol. The Kier molecular flexibility index (Phi) is 6.06. The van der Waals surface area contributed by atoms with Gasteiger partial charge in [0.25, 0.3) is 5.91 Å². The minimum atomic E-state index is -0.166. The first-order valence-corrected chi connectivity index (χ1v) is 10.2. The summed E-state index contributed by atoms with van der Waals surface area (Å²) in [6, 6.07) is 12.6. The number of nitrogens with zero attached hydrogens (tertiary/aromatic N) is 2. The molecule has 0 fully saturated rings. The molecule has 0 bridgehead atoms. The van der Waals surface area contributed by atoms with E-state index < -0.39 is 0 Å². The summed E-state index contributed by atoms with van der Waals surface area (Å²) in [5.41, 5.74) is 1.52. The molecule has 1 aliphatic heterocycles. The summed E-state index contributed by atoms with van der Waals surface area (Å²) in [5.74, 6) is 3.05. The normalized spacial score (nSPS) is 13.7. The minimum Gasteiger partial charge on any atom is -0.486 e. The van der Waals surface area contributed by atoms with Gasteiger partial charge in [0.2, 0.25) is 11.7 Å². The molecule has 31 heavy (non-hydrogen) atoms. The first-order chi connectivity index (χ1) is 15.0. The minimum absolute atomic E-state index is 0.158. The highest BCUT2D eigenvalue weighted by molar-refractivity contribution is 5.94. The number of fused-ring (bicyclic) bond motifs is 1. The van der Waals surface area contributed by atoms with E-state index in [9.17, 15) is 4.79 Å². The molecular formula is C23H25N3O5. The van der Waals surface area contributed by atoms with Gasteiger partial charge >= 0.3 is 0 Å². The number of rotatable bonds is 7. The highest BCUT2D eigenvalue weighted by atomic mass is 16.6. The van der Waals surface area contributed by atoms with Crippen LogP contribution in [-0.2, 0) is 6.61 Å². The van der Waals surface area contributed by atoms with E-state index in [1.165, 1.54) is 0 Å². The van der Waals surface area contributed by atoms with E-state index in [0.717, 1.165) is 11.3 Å². The van der Waals surface area contributed by atoms with Gasteiger partial charge in [-0.1, -0.05) is 25.1 Å². The van der Waals surface area contributed by atoms with Crippen molar-refractivity contribution in [2.75, 3.05) is 13.2 Å². The molecule has 8 nitrogen and oxygen atoms in total. The van der Waals surface area contributed by atoms with Crippen molar-refractivity contribution in [3.8, 4) is 17.2 Å². The maximum Gasteiger partial charge on any atom is 0.251 e. The van der Waals surface area contributed by atoms with Gasteiger partial charge in [-0.25, -0.2) is 0 Å². The zero-order chi connectivity index (χ0) is 21.8. The quantitative estimate of drug-likeness (QED) is 0.616. The Balaban J connectivity index is 1.41. The summed E-state index contributed by atoms with van der Waals surface area (Å²) in [4.78, 5) is 17.0. The molecule has 1 amide bonds. The number of hydrogen-bond acceptors (Lipinski definition) is 7. The van der Waals surface area contributed by atoms with Crippen LogP contribution in [0, 0.1) is 12.8 Å². The van der Waals surface area contributed by atoms with Crippen molar-refractivity contribution in [2.24, 2.45) is 5.92 Å². The molecule has 3 aromatic rings. The van der Waals surface area contributed by atoms with Gasteiger partial charge in [-0.2, -0.15) is 4.98 Å². The van der Waals surface area contributed by atoms with Gasteiger partial charge in [0.05, 0.1) is 6.04 Å². The first-order valence-electron chi connectivity index (χ1n) is 10.2. The molecule has 2 heterocycles. The number of benzene rings is 2. The average molecular weight is 423 g/mol. The molecule has 0 saturated carbocycles. The third kappa shape index (κ3) is 4.96. The Morgan fingerprint density at radius 1 is 1.10 bits per heavy atom. The third-order valence-electron chi connectivity index (χ3n) is 4.93. The number of carbonyl (C=O) groups excluding carboxylic acids is 1. The number of amides is 1. The highest BCUT2D eigenvalue weighted by Gasteiger charge is 2.22. The maximum absolute atomic E-state index is 12.9. The second-order valence-corrected chi connectivity index (χ2v) is 7.64. The zero-order valence-corrected chi connectivity index (χ0v) is 17.8. The lowest BCUT2D eigenvalue weighted by Gasteiger charge is -2.25. The second-order valence-electron chi connectivity index (χ2n) is 7.64. The van der Waals surface area contributed by atoms with Crippen LogP contribution in [0.5, 0.6) is 17.2 Å². The topological polar surface area (TPSA) is 95.7 Å². The first kappa shape index (κ1) is 20.7. The SMILES string of the molecule is Cc1nc(COc2ccc(C(=O)NC(c3ccc4c(c3)OCCO4)C(C)C)cc2)no1. The monoisotopic (exact) mass is 423 g/mol. The largest absolute Gasteiger partial charge is 0.486 e. The fraction of sp³-hybridized carbons (Fsp3) is 0.348. The van der Waals surface area contributed by atoms with Gasteiger partial charge in [-0.05, 0) is 47.9 Å². The Morgan fingerprint density at radius 3 is 2.52 bits per heavy atom.